The van der Waals surface area contributed by atoms with Gasteiger partial charge in [0.2, 0.25) is 5.91 Å². The number of para-hydroxylation sites is 1. The molecule has 3 aromatic carbocycles. The first-order valence-corrected chi connectivity index (χ1v) is 9.24. The van der Waals surface area contributed by atoms with Gasteiger partial charge in [0.1, 0.15) is 18.0 Å². The topological polar surface area (TPSA) is 73.2 Å². The molecule has 1 amide bonds. The molecule has 1 heterocycles. The molecule has 0 saturated carbocycles. The van der Waals surface area contributed by atoms with Crippen molar-refractivity contribution in [1.82, 2.24) is 9.55 Å². The Balaban J connectivity index is 1.43. The van der Waals surface area contributed by atoms with Crippen LogP contribution in [0.4, 0.5) is 5.69 Å². The minimum atomic E-state index is -0.334. The molecule has 0 unspecified atom stereocenters. The zero-order valence-electron chi connectivity index (χ0n) is 15.2. The molecule has 0 aliphatic heterocycles. The SMILES string of the molecule is O=C(Cn1cnc2cc(Cl)ccc2c1=O)Nc1ccc(Oc2ccccc2)cc1. The van der Waals surface area contributed by atoms with Crippen molar-refractivity contribution in [3.63, 3.8) is 0 Å². The molecule has 0 spiro atoms. The minimum Gasteiger partial charge on any atom is -0.457 e. The van der Waals surface area contributed by atoms with Gasteiger partial charge in [-0.25, -0.2) is 4.98 Å². The Morgan fingerprint density at radius 2 is 1.72 bits per heavy atom. The summed E-state index contributed by atoms with van der Waals surface area (Å²) in [6.45, 7) is -0.146. The maximum Gasteiger partial charge on any atom is 0.261 e. The molecular formula is C22H16ClN3O3. The van der Waals surface area contributed by atoms with Crippen LogP contribution in [0.25, 0.3) is 10.9 Å². The number of hydrogen-bond donors (Lipinski definition) is 1. The highest BCUT2D eigenvalue weighted by atomic mass is 35.5. The van der Waals surface area contributed by atoms with Crippen LogP contribution >= 0.6 is 11.6 Å². The first-order valence-electron chi connectivity index (χ1n) is 8.86. The third-order valence-corrected chi connectivity index (χ3v) is 4.45. The molecular weight excluding hydrogens is 390 g/mol. The smallest absolute Gasteiger partial charge is 0.261 e. The van der Waals surface area contributed by atoms with Gasteiger partial charge >= 0.3 is 0 Å². The van der Waals surface area contributed by atoms with Gasteiger partial charge < -0.3 is 10.1 Å². The van der Waals surface area contributed by atoms with Crippen LogP contribution in [0.2, 0.25) is 5.02 Å². The molecule has 0 radical (unpaired) electrons. The molecule has 0 atom stereocenters. The maximum atomic E-state index is 12.5. The molecule has 1 aromatic heterocycles. The van der Waals surface area contributed by atoms with Gasteiger partial charge in [-0.05, 0) is 54.6 Å². The number of rotatable bonds is 5. The van der Waals surface area contributed by atoms with Gasteiger partial charge in [0, 0.05) is 10.7 Å². The number of carbonyl (C=O) groups excluding carboxylic acids is 1. The fourth-order valence-corrected chi connectivity index (χ4v) is 3.00. The zero-order chi connectivity index (χ0) is 20.2. The molecule has 0 fully saturated rings. The summed E-state index contributed by atoms with van der Waals surface area (Å²) < 4.78 is 6.99. The van der Waals surface area contributed by atoms with E-state index in [0.29, 0.717) is 27.4 Å². The second-order valence-corrected chi connectivity index (χ2v) is 6.76. The van der Waals surface area contributed by atoms with Gasteiger partial charge in [0.15, 0.2) is 0 Å². The van der Waals surface area contributed by atoms with Gasteiger partial charge in [-0.3, -0.25) is 14.2 Å². The minimum absolute atomic E-state index is 0.146. The largest absolute Gasteiger partial charge is 0.457 e. The van der Waals surface area contributed by atoms with Crippen molar-refractivity contribution in [2.75, 3.05) is 5.32 Å². The van der Waals surface area contributed by atoms with E-state index in [4.69, 9.17) is 16.3 Å². The second kappa shape index (κ2) is 8.16. The highest BCUT2D eigenvalue weighted by Crippen LogP contribution is 2.22. The van der Waals surface area contributed by atoms with Crippen LogP contribution in [0.15, 0.2) is 83.9 Å². The summed E-state index contributed by atoms with van der Waals surface area (Å²) in [4.78, 5) is 29.1. The van der Waals surface area contributed by atoms with Crippen LogP contribution in [0, 0.1) is 0 Å². The predicted molar refractivity (Wildman–Crippen MR) is 113 cm³/mol. The Bertz CT molecular complexity index is 1220. The fourth-order valence-electron chi connectivity index (χ4n) is 2.83. The molecule has 0 aliphatic rings. The summed E-state index contributed by atoms with van der Waals surface area (Å²) in [6, 6.07) is 21.2. The van der Waals surface area contributed by atoms with Crippen LogP contribution < -0.4 is 15.6 Å². The zero-order valence-corrected chi connectivity index (χ0v) is 16.0. The van der Waals surface area contributed by atoms with Gasteiger partial charge in [0.25, 0.3) is 5.56 Å². The van der Waals surface area contributed by atoms with Crippen molar-refractivity contribution in [3.05, 3.63) is 94.5 Å². The summed E-state index contributed by atoms with van der Waals surface area (Å²) in [5.74, 6) is 1.05. The summed E-state index contributed by atoms with van der Waals surface area (Å²) in [5.41, 5.74) is 0.797. The van der Waals surface area contributed by atoms with Crippen LogP contribution in [0.1, 0.15) is 0 Å². The van der Waals surface area contributed by atoms with Crippen molar-refractivity contribution in [2.45, 2.75) is 6.54 Å². The van der Waals surface area contributed by atoms with Gasteiger partial charge in [-0.15, -0.1) is 0 Å². The third kappa shape index (κ3) is 4.44. The van der Waals surface area contributed by atoms with Crippen LogP contribution in [-0.4, -0.2) is 15.5 Å². The molecule has 4 rings (SSSR count). The fraction of sp³-hybridized carbons (Fsp3) is 0.0455. The highest BCUT2D eigenvalue weighted by molar-refractivity contribution is 6.31. The van der Waals surface area contributed by atoms with Crippen molar-refractivity contribution in [1.29, 1.82) is 0 Å². The molecule has 7 heteroatoms. The van der Waals surface area contributed by atoms with E-state index in [0.717, 1.165) is 5.75 Å². The summed E-state index contributed by atoms with van der Waals surface area (Å²) in [6.07, 6.45) is 1.34. The van der Waals surface area contributed by atoms with Crippen LogP contribution in [0.3, 0.4) is 0 Å². The van der Waals surface area contributed by atoms with E-state index >= 15 is 0 Å². The van der Waals surface area contributed by atoms with E-state index in [1.807, 2.05) is 30.3 Å². The quantitative estimate of drug-likeness (QED) is 0.531. The standard InChI is InChI=1S/C22H16ClN3O3/c23-15-6-11-19-20(12-15)24-14-26(22(19)28)13-21(27)25-16-7-9-18(10-8-16)29-17-4-2-1-3-5-17/h1-12,14H,13H2,(H,25,27). The monoisotopic (exact) mass is 405 g/mol. The van der Waals surface area contributed by atoms with Gasteiger partial charge in [0.05, 0.1) is 17.2 Å². The maximum absolute atomic E-state index is 12.5. The van der Waals surface area contributed by atoms with E-state index < -0.39 is 0 Å². The summed E-state index contributed by atoms with van der Waals surface area (Å²) in [7, 11) is 0. The Labute approximate surface area is 171 Å². The number of nitrogens with one attached hydrogen (secondary N) is 1. The number of ether oxygens (including phenoxy) is 1. The average Bonchev–Trinajstić information content (AvgIpc) is 2.72. The Morgan fingerprint density at radius 1 is 1.00 bits per heavy atom. The molecule has 4 aromatic rings. The van der Waals surface area contributed by atoms with E-state index in [9.17, 15) is 9.59 Å². The average molecular weight is 406 g/mol. The number of anilines is 1. The van der Waals surface area contributed by atoms with E-state index in [1.54, 1.807) is 42.5 Å². The predicted octanol–water partition coefficient (Wildman–Crippen LogP) is 4.48. The molecule has 0 bridgehead atoms. The van der Waals surface area contributed by atoms with Crippen LogP contribution in [-0.2, 0) is 11.3 Å². The lowest BCUT2D eigenvalue weighted by Gasteiger charge is -2.09. The molecule has 144 valence electrons. The molecule has 1 N–H and O–H groups in total. The third-order valence-electron chi connectivity index (χ3n) is 4.22. The Hall–Kier alpha value is -3.64. The summed E-state index contributed by atoms with van der Waals surface area (Å²) >= 11 is 5.92. The molecule has 0 saturated heterocycles. The van der Waals surface area contributed by atoms with Crippen molar-refractivity contribution >= 4 is 34.1 Å². The lowest BCUT2D eigenvalue weighted by Crippen LogP contribution is -2.27. The number of aromatic nitrogens is 2. The van der Waals surface area contributed by atoms with E-state index in [1.165, 1.54) is 10.9 Å². The number of nitrogens with zero attached hydrogens (tertiary/aromatic N) is 2. The van der Waals surface area contributed by atoms with Gasteiger partial charge in [-0.2, -0.15) is 0 Å². The first-order chi connectivity index (χ1) is 14.1. The summed E-state index contributed by atoms with van der Waals surface area (Å²) in [5, 5.41) is 3.67. The van der Waals surface area contributed by atoms with Crippen LogP contribution in [0.5, 0.6) is 11.5 Å². The Morgan fingerprint density at radius 3 is 2.48 bits per heavy atom. The van der Waals surface area contributed by atoms with Crippen molar-refractivity contribution < 1.29 is 9.53 Å². The molecule has 0 aliphatic carbocycles. The highest BCUT2D eigenvalue weighted by Gasteiger charge is 2.09. The van der Waals surface area contributed by atoms with E-state index in [-0.39, 0.29) is 18.0 Å². The first kappa shape index (κ1) is 18.7. The van der Waals surface area contributed by atoms with Crippen molar-refractivity contribution in [2.24, 2.45) is 0 Å². The molecule has 6 nitrogen and oxygen atoms in total. The van der Waals surface area contributed by atoms with E-state index in [2.05, 4.69) is 10.3 Å². The number of fused-ring (bicyclic) bond motifs is 1. The number of benzene rings is 3. The normalized spacial score (nSPS) is 10.7. The lowest BCUT2D eigenvalue weighted by molar-refractivity contribution is -0.116. The number of amides is 1. The number of carbonyl (C=O) groups is 1. The number of hydrogen-bond acceptors (Lipinski definition) is 4. The van der Waals surface area contributed by atoms with Gasteiger partial charge in [-0.1, -0.05) is 29.8 Å². The Kier molecular flexibility index (Phi) is 5.27. The number of halogens is 1. The van der Waals surface area contributed by atoms with Crippen molar-refractivity contribution in [3.8, 4) is 11.5 Å². The molecule has 29 heavy (non-hydrogen) atoms. The second-order valence-electron chi connectivity index (χ2n) is 6.33. The lowest BCUT2D eigenvalue weighted by atomic mass is 10.2.